The molecule has 0 saturated heterocycles. The van der Waals surface area contributed by atoms with Gasteiger partial charge in [0.2, 0.25) is 0 Å². The van der Waals surface area contributed by atoms with Gasteiger partial charge in [0.05, 0.1) is 0 Å². The summed E-state index contributed by atoms with van der Waals surface area (Å²) in [7, 11) is 0. The Morgan fingerprint density at radius 3 is 0.536 bits per heavy atom. The summed E-state index contributed by atoms with van der Waals surface area (Å²) in [4.78, 5) is 0. The molecule has 0 unspecified atom stereocenters. The van der Waals surface area contributed by atoms with Crippen molar-refractivity contribution in [1.82, 2.24) is 0 Å². The molecule has 0 spiro atoms. The van der Waals surface area contributed by atoms with Gasteiger partial charge >= 0.3 is 95.0 Å². The van der Waals surface area contributed by atoms with Crippen LogP contribution in [-0.2, 0) is 0 Å². The van der Waals surface area contributed by atoms with E-state index in [0.29, 0.717) is 0 Å². The fourth-order valence-electron chi connectivity index (χ4n) is 2.94. The van der Waals surface area contributed by atoms with Crippen molar-refractivity contribution in [3.05, 3.63) is 0 Å². The Hall–Kier alpha value is -2.43. The first-order valence-electron chi connectivity index (χ1n) is 12.2. The van der Waals surface area contributed by atoms with Crippen LogP contribution in [0, 0.1) is 0 Å². The van der Waals surface area contributed by atoms with Crippen molar-refractivity contribution in [3.63, 3.8) is 0 Å². The predicted molar refractivity (Wildman–Crippen MR) is 106 cm³/mol. The number of aliphatic hydroxyl groups excluding tert-OH is 3. The molecular formula is C20H11F33O3. The van der Waals surface area contributed by atoms with E-state index in [2.05, 4.69) is 0 Å². The highest BCUT2D eigenvalue weighted by molar-refractivity contribution is 5.17. The zero-order valence-electron chi connectivity index (χ0n) is 24.6. The van der Waals surface area contributed by atoms with Crippen molar-refractivity contribution < 1.29 is 160 Å². The van der Waals surface area contributed by atoms with E-state index < -0.39 is 121 Å². The summed E-state index contributed by atoms with van der Waals surface area (Å²) in [6.07, 6.45) is -10.6. The van der Waals surface area contributed by atoms with Crippen LogP contribution in [0.3, 0.4) is 0 Å². The lowest BCUT2D eigenvalue weighted by atomic mass is 9.88. The highest BCUT2D eigenvalue weighted by atomic mass is 19.4. The van der Waals surface area contributed by atoms with Crippen LogP contribution in [0.2, 0.25) is 0 Å². The molecule has 0 aromatic rings. The summed E-state index contributed by atoms with van der Waals surface area (Å²) < 4.78 is 423. The molecule has 0 aromatic heterocycles. The Kier molecular flexibility index (Phi) is 14.6. The Morgan fingerprint density at radius 2 is 0.375 bits per heavy atom. The van der Waals surface area contributed by atoms with E-state index in [1.807, 2.05) is 0 Å². The minimum absolute atomic E-state index is 2.16. The van der Waals surface area contributed by atoms with Gasteiger partial charge in [-0.15, -0.1) is 0 Å². The summed E-state index contributed by atoms with van der Waals surface area (Å²) >= 11 is 0. The monoisotopic (exact) mass is 926 g/mol. The maximum absolute atomic E-state index is 13.1. The fraction of sp³-hybridized carbons (Fsp3) is 1.00. The summed E-state index contributed by atoms with van der Waals surface area (Å²) in [6, 6.07) is 0. The van der Waals surface area contributed by atoms with E-state index in [4.69, 9.17) is 15.3 Å². The van der Waals surface area contributed by atoms with Gasteiger partial charge < -0.3 is 15.3 Å². The second-order valence-corrected chi connectivity index (χ2v) is 10.3. The second-order valence-electron chi connectivity index (χ2n) is 10.3. The molecule has 0 rings (SSSR count). The number of halogens is 33. The Bertz CT molecular complexity index is 1270. The van der Waals surface area contributed by atoms with Crippen LogP contribution in [0.1, 0.15) is 6.42 Å². The first-order chi connectivity index (χ1) is 23.7. The first kappa shape index (κ1) is 55.7. The second kappa shape index (κ2) is 14.7. The lowest BCUT2D eigenvalue weighted by Crippen LogP contribution is -2.75. The summed E-state index contributed by atoms with van der Waals surface area (Å²) in [5.41, 5.74) is 0. The third kappa shape index (κ3) is 7.39. The first-order valence-corrected chi connectivity index (χ1v) is 12.2. The van der Waals surface area contributed by atoms with Crippen molar-refractivity contribution in [2.75, 3.05) is 19.8 Å². The largest absolute Gasteiger partial charge is 0.460 e. The van der Waals surface area contributed by atoms with Gasteiger partial charge in [0.15, 0.2) is 0 Å². The van der Waals surface area contributed by atoms with Crippen LogP contribution in [0.5, 0.6) is 0 Å². The molecule has 56 heavy (non-hydrogen) atoms. The minimum atomic E-state index is -8.62. The van der Waals surface area contributed by atoms with E-state index >= 15 is 0 Å². The smallest absolute Gasteiger partial charge is 0.396 e. The lowest BCUT2D eigenvalue weighted by Gasteiger charge is -2.43. The molecular weight excluding hydrogens is 915 g/mol. The van der Waals surface area contributed by atoms with Crippen LogP contribution < -0.4 is 0 Å². The maximum atomic E-state index is 13.1. The molecule has 0 heterocycles. The van der Waals surface area contributed by atoms with E-state index in [1.54, 1.807) is 0 Å². The summed E-state index contributed by atoms with van der Waals surface area (Å²) in [5.74, 6) is -119. The van der Waals surface area contributed by atoms with Crippen LogP contribution >= 0.6 is 0 Å². The van der Waals surface area contributed by atoms with Crippen molar-refractivity contribution >= 4 is 0 Å². The molecule has 0 bridgehead atoms. The topological polar surface area (TPSA) is 60.7 Å². The average molecular weight is 926 g/mol. The van der Waals surface area contributed by atoms with Gasteiger partial charge in [-0.3, -0.25) is 0 Å². The van der Waals surface area contributed by atoms with Gasteiger partial charge in [0, 0.05) is 13.0 Å². The molecule has 340 valence electrons. The fourth-order valence-corrected chi connectivity index (χ4v) is 2.94. The molecule has 3 N–H and O–H groups in total. The highest BCUT2D eigenvalue weighted by Crippen LogP contribution is 2.66. The Balaban J connectivity index is 0. The van der Waals surface area contributed by atoms with E-state index in [9.17, 15) is 145 Å². The lowest BCUT2D eigenvalue weighted by molar-refractivity contribution is -0.461. The van der Waals surface area contributed by atoms with E-state index in [1.165, 1.54) is 0 Å². The van der Waals surface area contributed by atoms with Gasteiger partial charge in [-0.05, 0) is 0 Å². The predicted octanol–water partition coefficient (Wildman–Crippen LogP) is 9.43. The maximum Gasteiger partial charge on any atom is 0.460 e. The number of hydrogen-bond acceptors (Lipinski definition) is 3. The highest BCUT2D eigenvalue weighted by Gasteiger charge is 2.96. The van der Waals surface area contributed by atoms with Gasteiger partial charge in [0.1, 0.15) is 13.2 Å². The number of rotatable bonds is 17. The average Bonchev–Trinajstić information content (AvgIpc) is 2.99. The third-order valence-corrected chi connectivity index (χ3v) is 6.50. The SMILES string of the molecule is OCC(F)(F)C(F)(F)C(F)(F)C(F)(F)C(F)(F)C(F)(F)C(F)(F)C(F)(F)CO.OCCC(F)(F)C(F)(F)C(F)(F)C(F)(F)C(F)(F)C(F)(F)C(F)(F)C(F)(F)F. The van der Waals surface area contributed by atoms with Gasteiger partial charge in [0.25, 0.3) is 0 Å². The molecule has 0 aromatic carbocycles. The number of alkyl halides is 33. The molecule has 0 saturated carbocycles. The zero-order valence-corrected chi connectivity index (χ0v) is 24.6. The number of aliphatic hydroxyl groups is 3. The van der Waals surface area contributed by atoms with Crippen molar-refractivity contribution in [3.8, 4) is 0 Å². The molecule has 0 aliphatic rings. The van der Waals surface area contributed by atoms with Gasteiger partial charge in [-0.25, -0.2) is 0 Å². The Labute approximate surface area is 283 Å². The van der Waals surface area contributed by atoms with Crippen LogP contribution in [0.15, 0.2) is 0 Å². The van der Waals surface area contributed by atoms with Gasteiger partial charge in [-0.1, -0.05) is 0 Å². The molecule has 0 aliphatic heterocycles. The van der Waals surface area contributed by atoms with Crippen molar-refractivity contribution in [2.24, 2.45) is 0 Å². The molecule has 0 fully saturated rings. The third-order valence-electron chi connectivity index (χ3n) is 6.50. The molecule has 0 aliphatic carbocycles. The number of hydrogen-bond donors (Lipinski definition) is 3. The molecule has 3 nitrogen and oxygen atoms in total. The Morgan fingerprint density at radius 1 is 0.214 bits per heavy atom. The molecule has 0 atom stereocenters. The molecule has 0 radical (unpaired) electrons. The van der Waals surface area contributed by atoms with Crippen LogP contribution in [0.25, 0.3) is 0 Å². The standard InChI is InChI=1S/C10H5F17O.C10H6F16O2/c11-3(12,1-2-28)4(13,14)5(15,16)6(17,18)7(19,20)8(21,22)9(23,24)10(25,26)27;11-3(12,1-27)5(15,16)7(19,20)9(23,24)10(25,26)8(21,22)6(17,18)4(13,14)2-28/h28H,1-2H2;27-28H,1-2H2. The summed E-state index contributed by atoms with van der Waals surface area (Å²) in [6.45, 7) is -9.01. The van der Waals surface area contributed by atoms with Gasteiger partial charge in [-0.2, -0.15) is 145 Å². The van der Waals surface area contributed by atoms with Crippen molar-refractivity contribution in [1.29, 1.82) is 0 Å². The zero-order chi connectivity index (χ0) is 46.8. The molecule has 0 amide bonds. The van der Waals surface area contributed by atoms with E-state index in [-0.39, 0.29) is 0 Å². The quantitative estimate of drug-likeness (QED) is 0.128. The summed E-state index contributed by atoms with van der Waals surface area (Å²) in [5, 5.41) is 23.6. The van der Waals surface area contributed by atoms with Crippen molar-refractivity contribution in [2.45, 2.75) is 101 Å². The van der Waals surface area contributed by atoms with E-state index in [0.717, 1.165) is 0 Å². The van der Waals surface area contributed by atoms with Crippen LogP contribution in [-0.4, -0.2) is 130 Å². The normalized spacial score (nSPS) is 16.5. The van der Waals surface area contributed by atoms with Crippen LogP contribution in [0.4, 0.5) is 145 Å². The molecule has 36 heteroatoms. The minimum Gasteiger partial charge on any atom is -0.396 e.